The Balaban J connectivity index is 1.55. The molecule has 1 aliphatic heterocycles. The topological polar surface area (TPSA) is 50.6 Å². The molecule has 2 aromatic rings. The van der Waals surface area contributed by atoms with Crippen LogP contribution in [0.3, 0.4) is 0 Å². The molecule has 0 aliphatic carbocycles. The van der Waals surface area contributed by atoms with Crippen molar-refractivity contribution in [3.05, 3.63) is 46.7 Å². The van der Waals surface area contributed by atoms with Crippen LogP contribution in [0.15, 0.2) is 30.5 Å². The van der Waals surface area contributed by atoms with E-state index in [4.69, 9.17) is 16.3 Å². The molecule has 1 amide bonds. The number of aryl methyl sites for hydroxylation is 1. The fourth-order valence-corrected chi connectivity index (χ4v) is 3.33. The first-order chi connectivity index (χ1) is 12.5. The van der Waals surface area contributed by atoms with Crippen molar-refractivity contribution >= 4 is 17.5 Å². The van der Waals surface area contributed by atoms with Crippen molar-refractivity contribution in [1.82, 2.24) is 19.6 Å². The molecule has 26 heavy (non-hydrogen) atoms. The summed E-state index contributed by atoms with van der Waals surface area (Å²) in [7, 11) is 1.68. The molecule has 2 heterocycles. The molecule has 140 valence electrons. The van der Waals surface area contributed by atoms with E-state index in [0.717, 1.165) is 44.2 Å². The summed E-state index contributed by atoms with van der Waals surface area (Å²) in [4.78, 5) is 17.0. The Hall–Kier alpha value is -2.05. The van der Waals surface area contributed by atoms with Crippen LogP contribution in [0, 0.1) is 6.92 Å². The van der Waals surface area contributed by atoms with Crippen LogP contribution < -0.4 is 4.74 Å². The summed E-state index contributed by atoms with van der Waals surface area (Å²) in [5, 5.41) is 4.92. The minimum Gasteiger partial charge on any atom is -0.497 e. The van der Waals surface area contributed by atoms with Gasteiger partial charge in [-0.25, -0.2) is 0 Å². The van der Waals surface area contributed by atoms with Crippen molar-refractivity contribution in [1.29, 1.82) is 0 Å². The molecule has 1 atom stereocenters. The van der Waals surface area contributed by atoms with E-state index in [-0.39, 0.29) is 11.9 Å². The van der Waals surface area contributed by atoms with Gasteiger partial charge in [0.2, 0.25) is 5.91 Å². The third-order valence-corrected chi connectivity index (χ3v) is 5.21. The largest absolute Gasteiger partial charge is 0.497 e. The quantitative estimate of drug-likeness (QED) is 0.805. The number of carbonyl (C=O) groups is 1. The summed E-state index contributed by atoms with van der Waals surface area (Å²) < 4.78 is 6.94. The van der Waals surface area contributed by atoms with Gasteiger partial charge >= 0.3 is 0 Å². The normalized spacial score (nSPS) is 16.5. The molecular weight excluding hydrogens is 352 g/mol. The monoisotopic (exact) mass is 376 g/mol. The van der Waals surface area contributed by atoms with Crippen molar-refractivity contribution in [3.63, 3.8) is 0 Å². The smallest absolute Gasteiger partial charge is 0.247 e. The van der Waals surface area contributed by atoms with E-state index in [9.17, 15) is 4.79 Å². The van der Waals surface area contributed by atoms with Crippen molar-refractivity contribution in [2.24, 2.45) is 0 Å². The number of nitrogens with zero attached hydrogens (tertiary/aromatic N) is 4. The second-order valence-corrected chi connectivity index (χ2v) is 7.08. The third kappa shape index (κ3) is 4.19. The van der Waals surface area contributed by atoms with Crippen molar-refractivity contribution < 1.29 is 9.53 Å². The molecular formula is C19H25ClN4O2. The van der Waals surface area contributed by atoms with E-state index in [1.54, 1.807) is 18.0 Å². The molecule has 1 saturated heterocycles. The Bertz CT molecular complexity index is 749. The molecule has 1 aliphatic rings. The average molecular weight is 377 g/mol. The summed E-state index contributed by atoms with van der Waals surface area (Å²) in [5.41, 5.74) is 1.97. The van der Waals surface area contributed by atoms with Crippen LogP contribution in [0.5, 0.6) is 5.75 Å². The summed E-state index contributed by atoms with van der Waals surface area (Å²) in [6.07, 6.45) is 1.72. The third-order valence-electron chi connectivity index (χ3n) is 4.84. The Kier molecular flexibility index (Phi) is 5.84. The van der Waals surface area contributed by atoms with Gasteiger partial charge in [0, 0.05) is 38.9 Å². The second-order valence-electron chi connectivity index (χ2n) is 6.67. The summed E-state index contributed by atoms with van der Waals surface area (Å²) in [6, 6.07) is 7.78. The lowest BCUT2D eigenvalue weighted by atomic mass is 10.1. The fraction of sp³-hybridized carbons (Fsp3) is 0.474. The Morgan fingerprint density at radius 1 is 1.31 bits per heavy atom. The number of rotatable bonds is 5. The standard InChI is InChI=1S/C19H25ClN4O2/c1-14-18(20)13-24(21-14)15(2)19(25)23-9-7-22(8-10-23)12-16-5-4-6-17(11-16)26-3/h4-6,11,13,15H,7-10,12H2,1-3H3. The molecule has 1 aromatic heterocycles. The molecule has 1 unspecified atom stereocenters. The van der Waals surface area contributed by atoms with E-state index in [1.807, 2.05) is 30.9 Å². The number of aromatic nitrogens is 2. The summed E-state index contributed by atoms with van der Waals surface area (Å²) >= 11 is 6.06. The number of hydrogen-bond acceptors (Lipinski definition) is 4. The van der Waals surface area contributed by atoms with Gasteiger partial charge in [0.25, 0.3) is 0 Å². The van der Waals surface area contributed by atoms with Gasteiger partial charge in [-0.05, 0) is 31.5 Å². The predicted octanol–water partition coefficient (Wildman–Crippen LogP) is 2.76. The van der Waals surface area contributed by atoms with Crippen LogP contribution in [0.1, 0.15) is 24.2 Å². The maximum Gasteiger partial charge on any atom is 0.247 e. The summed E-state index contributed by atoms with van der Waals surface area (Å²) in [6.45, 7) is 7.73. The Morgan fingerprint density at radius 3 is 2.65 bits per heavy atom. The van der Waals surface area contributed by atoms with Crippen LogP contribution >= 0.6 is 11.6 Å². The summed E-state index contributed by atoms with van der Waals surface area (Å²) in [5.74, 6) is 0.962. The van der Waals surface area contributed by atoms with Gasteiger partial charge in [-0.1, -0.05) is 23.7 Å². The Labute approximate surface area is 159 Å². The minimum absolute atomic E-state index is 0.0881. The number of benzene rings is 1. The lowest BCUT2D eigenvalue weighted by molar-refractivity contribution is -0.136. The zero-order chi connectivity index (χ0) is 18.7. The average Bonchev–Trinajstić information content (AvgIpc) is 3.00. The van der Waals surface area contributed by atoms with Crippen LogP contribution in [0.2, 0.25) is 5.02 Å². The van der Waals surface area contributed by atoms with Crippen molar-refractivity contribution in [2.45, 2.75) is 26.4 Å². The first-order valence-corrected chi connectivity index (χ1v) is 9.21. The van der Waals surface area contributed by atoms with Gasteiger partial charge in [-0.15, -0.1) is 0 Å². The highest BCUT2D eigenvalue weighted by atomic mass is 35.5. The molecule has 0 N–H and O–H groups in total. The number of hydrogen-bond donors (Lipinski definition) is 0. The Morgan fingerprint density at radius 2 is 2.04 bits per heavy atom. The zero-order valence-electron chi connectivity index (χ0n) is 15.5. The number of ether oxygens (including phenoxy) is 1. The zero-order valence-corrected chi connectivity index (χ0v) is 16.2. The van der Waals surface area contributed by atoms with Gasteiger partial charge in [-0.2, -0.15) is 5.10 Å². The van der Waals surface area contributed by atoms with E-state index >= 15 is 0 Å². The number of methoxy groups -OCH3 is 1. The number of halogens is 1. The van der Waals surface area contributed by atoms with Crippen molar-refractivity contribution in [3.8, 4) is 5.75 Å². The lowest BCUT2D eigenvalue weighted by Crippen LogP contribution is -2.49. The van der Waals surface area contributed by atoms with E-state index in [1.165, 1.54) is 5.56 Å². The van der Waals surface area contributed by atoms with Crippen molar-refractivity contribution in [2.75, 3.05) is 33.3 Å². The molecule has 7 heteroatoms. The van der Waals surface area contributed by atoms with Gasteiger partial charge < -0.3 is 9.64 Å². The molecule has 1 fully saturated rings. The first-order valence-electron chi connectivity index (χ1n) is 8.83. The number of carbonyl (C=O) groups excluding carboxylic acids is 1. The fourth-order valence-electron chi connectivity index (χ4n) is 3.19. The molecule has 0 spiro atoms. The molecule has 6 nitrogen and oxygen atoms in total. The van der Waals surface area contributed by atoms with Crippen LogP contribution in [0.25, 0.3) is 0 Å². The minimum atomic E-state index is -0.342. The van der Waals surface area contributed by atoms with Gasteiger partial charge in [0.05, 0.1) is 17.8 Å². The highest BCUT2D eigenvalue weighted by Crippen LogP contribution is 2.19. The van der Waals surface area contributed by atoms with E-state index < -0.39 is 0 Å². The predicted molar refractivity (Wildman–Crippen MR) is 102 cm³/mol. The number of amides is 1. The van der Waals surface area contributed by atoms with E-state index in [0.29, 0.717) is 5.02 Å². The highest BCUT2D eigenvalue weighted by Gasteiger charge is 2.26. The molecule has 3 rings (SSSR count). The molecule has 0 saturated carbocycles. The van der Waals surface area contributed by atoms with Crippen LogP contribution in [0.4, 0.5) is 0 Å². The maximum atomic E-state index is 12.8. The molecule has 0 bridgehead atoms. The maximum absolute atomic E-state index is 12.8. The SMILES string of the molecule is COc1cccc(CN2CCN(C(=O)C(C)n3cc(Cl)c(C)n3)CC2)c1. The van der Waals surface area contributed by atoms with Gasteiger partial charge in [0.1, 0.15) is 11.8 Å². The lowest BCUT2D eigenvalue weighted by Gasteiger charge is -2.36. The number of piperazine rings is 1. The van der Waals surface area contributed by atoms with Gasteiger partial charge in [-0.3, -0.25) is 14.4 Å². The van der Waals surface area contributed by atoms with Crippen LogP contribution in [-0.4, -0.2) is 58.8 Å². The highest BCUT2D eigenvalue weighted by molar-refractivity contribution is 6.31. The van der Waals surface area contributed by atoms with Crippen LogP contribution in [-0.2, 0) is 11.3 Å². The van der Waals surface area contributed by atoms with E-state index in [2.05, 4.69) is 22.1 Å². The second kappa shape index (κ2) is 8.10. The molecule has 0 radical (unpaired) electrons. The molecule has 1 aromatic carbocycles. The van der Waals surface area contributed by atoms with Gasteiger partial charge in [0.15, 0.2) is 0 Å². The first kappa shape index (κ1) is 18.7.